The van der Waals surface area contributed by atoms with E-state index in [1.807, 2.05) is 13.8 Å². The van der Waals surface area contributed by atoms with E-state index in [2.05, 4.69) is 0 Å². The van der Waals surface area contributed by atoms with E-state index in [1.54, 1.807) is 4.90 Å². The van der Waals surface area contributed by atoms with Gasteiger partial charge in [0, 0.05) is 26.2 Å². The second-order valence-corrected chi connectivity index (χ2v) is 5.39. The first-order chi connectivity index (χ1) is 8.71. The Morgan fingerprint density at radius 3 is 2.47 bits per heavy atom. The maximum absolute atomic E-state index is 12.8. The maximum Gasteiger partial charge on any atom is 0.393 e. The molecule has 1 saturated heterocycles. The van der Waals surface area contributed by atoms with Gasteiger partial charge in [0.25, 0.3) is 0 Å². The number of likely N-dealkylation sites (tertiary alicyclic amines) is 1. The minimum absolute atomic E-state index is 0.0601. The van der Waals surface area contributed by atoms with Crippen LogP contribution in [0, 0.1) is 17.8 Å². The van der Waals surface area contributed by atoms with E-state index in [4.69, 9.17) is 10.5 Å². The molecule has 7 heteroatoms. The van der Waals surface area contributed by atoms with Crippen molar-refractivity contribution < 1.29 is 22.7 Å². The third kappa shape index (κ3) is 4.99. The van der Waals surface area contributed by atoms with Gasteiger partial charge in [0.15, 0.2) is 0 Å². The van der Waals surface area contributed by atoms with Crippen LogP contribution in [0.3, 0.4) is 0 Å². The number of alkyl halides is 3. The summed E-state index contributed by atoms with van der Waals surface area (Å²) in [6, 6.07) is 0. The number of carbonyl (C=O) groups excluding carboxylic acids is 1. The molecule has 1 aliphatic rings. The van der Waals surface area contributed by atoms with E-state index in [-0.39, 0.29) is 13.1 Å². The molecule has 0 aromatic carbocycles. The van der Waals surface area contributed by atoms with Crippen LogP contribution >= 0.6 is 0 Å². The number of hydrogen-bond donors (Lipinski definition) is 1. The largest absolute Gasteiger partial charge is 0.393 e. The molecule has 1 fully saturated rings. The summed E-state index contributed by atoms with van der Waals surface area (Å²) in [5, 5.41) is 0. The summed E-state index contributed by atoms with van der Waals surface area (Å²) in [6.07, 6.45) is -4.38. The van der Waals surface area contributed by atoms with Gasteiger partial charge in [-0.3, -0.25) is 9.69 Å². The molecule has 2 atom stereocenters. The molecule has 1 aliphatic heterocycles. The van der Waals surface area contributed by atoms with Crippen LogP contribution in [0.4, 0.5) is 13.2 Å². The molecule has 0 bridgehead atoms. The molecule has 1 amide bonds. The molecule has 0 aromatic heterocycles. The Morgan fingerprint density at radius 2 is 2.05 bits per heavy atom. The number of nitrogens with zero attached hydrogens (tertiary/aromatic N) is 1. The monoisotopic (exact) mass is 282 g/mol. The van der Waals surface area contributed by atoms with Crippen molar-refractivity contribution in [2.45, 2.75) is 20.0 Å². The van der Waals surface area contributed by atoms with Crippen molar-refractivity contribution in [2.75, 3.05) is 32.8 Å². The average molecular weight is 282 g/mol. The van der Waals surface area contributed by atoms with Crippen molar-refractivity contribution in [1.29, 1.82) is 0 Å². The first-order valence-electron chi connectivity index (χ1n) is 6.38. The van der Waals surface area contributed by atoms with Gasteiger partial charge in [0.1, 0.15) is 0 Å². The minimum atomic E-state index is -4.38. The summed E-state index contributed by atoms with van der Waals surface area (Å²) in [4.78, 5) is 12.7. The first-order valence-corrected chi connectivity index (χ1v) is 6.38. The first kappa shape index (κ1) is 16.2. The third-order valence-electron chi connectivity index (χ3n) is 3.18. The highest BCUT2D eigenvalue weighted by Crippen LogP contribution is 2.37. The molecule has 4 nitrogen and oxygen atoms in total. The molecule has 0 aromatic rings. The SMILES string of the molecule is CC(C)COCCN1C[C@@H](C(F)(F)F)[C@H](C(N)=O)C1. The van der Waals surface area contributed by atoms with Crippen molar-refractivity contribution in [1.82, 2.24) is 4.90 Å². The van der Waals surface area contributed by atoms with Crippen LogP contribution < -0.4 is 5.73 Å². The third-order valence-corrected chi connectivity index (χ3v) is 3.18. The molecular weight excluding hydrogens is 261 g/mol. The van der Waals surface area contributed by atoms with E-state index < -0.39 is 23.9 Å². The summed E-state index contributed by atoms with van der Waals surface area (Å²) in [6.45, 7) is 5.22. The highest BCUT2D eigenvalue weighted by molar-refractivity contribution is 5.77. The van der Waals surface area contributed by atoms with Crippen molar-refractivity contribution in [3.05, 3.63) is 0 Å². The molecule has 0 radical (unpaired) electrons. The Hall–Kier alpha value is -0.820. The number of ether oxygens (including phenoxy) is 1. The highest BCUT2D eigenvalue weighted by Gasteiger charge is 2.51. The van der Waals surface area contributed by atoms with E-state index in [0.29, 0.717) is 25.7 Å². The van der Waals surface area contributed by atoms with Gasteiger partial charge in [0.2, 0.25) is 5.91 Å². The maximum atomic E-state index is 12.8. The topological polar surface area (TPSA) is 55.6 Å². The molecule has 0 aliphatic carbocycles. The number of hydrogen-bond acceptors (Lipinski definition) is 3. The lowest BCUT2D eigenvalue weighted by molar-refractivity contribution is -0.182. The fraction of sp³-hybridized carbons (Fsp3) is 0.917. The number of amides is 1. The molecular formula is C12H21F3N2O2. The van der Waals surface area contributed by atoms with Gasteiger partial charge in [-0.2, -0.15) is 13.2 Å². The molecule has 1 rings (SSSR count). The van der Waals surface area contributed by atoms with Crippen LogP contribution in [0.2, 0.25) is 0 Å². The Labute approximate surface area is 111 Å². The van der Waals surface area contributed by atoms with E-state index in [0.717, 1.165) is 0 Å². The van der Waals surface area contributed by atoms with Gasteiger partial charge in [-0.05, 0) is 5.92 Å². The van der Waals surface area contributed by atoms with Gasteiger partial charge < -0.3 is 10.5 Å². The number of halogens is 3. The summed E-state index contributed by atoms with van der Waals surface area (Å²) in [7, 11) is 0. The number of carbonyl (C=O) groups is 1. The zero-order valence-corrected chi connectivity index (χ0v) is 11.2. The van der Waals surface area contributed by atoms with E-state index in [1.165, 1.54) is 0 Å². The molecule has 1 heterocycles. The van der Waals surface area contributed by atoms with Crippen LogP contribution in [-0.2, 0) is 9.53 Å². The average Bonchev–Trinajstić information content (AvgIpc) is 2.68. The Bertz CT molecular complexity index is 308. The molecule has 0 spiro atoms. The van der Waals surface area contributed by atoms with Gasteiger partial charge in [-0.15, -0.1) is 0 Å². The van der Waals surface area contributed by atoms with Gasteiger partial charge in [-0.1, -0.05) is 13.8 Å². The van der Waals surface area contributed by atoms with Crippen LogP contribution in [0.5, 0.6) is 0 Å². The van der Waals surface area contributed by atoms with Crippen LogP contribution in [0.25, 0.3) is 0 Å². The van der Waals surface area contributed by atoms with Crippen LogP contribution in [-0.4, -0.2) is 49.8 Å². The fourth-order valence-corrected chi connectivity index (χ4v) is 2.20. The van der Waals surface area contributed by atoms with Crippen molar-refractivity contribution in [2.24, 2.45) is 23.5 Å². The minimum Gasteiger partial charge on any atom is -0.380 e. The van der Waals surface area contributed by atoms with Gasteiger partial charge >= 0.3 is 6.18 Å². The Kier molecular flexibility index (Phi) is 5.61. The number of primary amides is 1. The smallest absolute Gasteiger partial charge is 0.380 e. The van der Waals surface area contributed by atoms with E-state index in [9.17, 15) is 18.0 Å². The predicted molar refractivity (Wildman–Crippen MR) is 64.3 cm³/mol. The molecule has 19 heavy (non-hydrogen) atoms. The van der Waals surface area contributed by atoms with Crippen LogP contribution in [0.15, 0.2) is 0 Å². The zero-order valence-electron chi connectivity index (χ0n) is 11.2. The summed E-state index contributed by atoms with van der Waals surface area (Å²) in [5.41, 5.74) is 5.04. The Morgan fingerprint density at radius 1 is 1.42 bits per heavy atom. The quantitative estimate of drug-likeness (QED) is 0.746. The van der Waals surface area contributed by atoms with E-state index >= 15 is 0 Å². The van der Waals surface area contributed by atoms with Crippen molar-refractivity contribution in [3.8, 4) is 0 Å². The summed E-state index contributed by atoms with van der Waals surface area (Å²) >= 11 is 0. The van der Waals surface area contributed by atoms with Gasteiger partial charge in [-0.25, -0.2) is 0 Å². The van der Waals surface area contributed by atoms with Crippen molar-refractivity contribution >= 4 is 5.91 Å². The second-order valence-electron chi connectivity index (χ2n) is 5.39. The Balaban J connectivity index is 2.45. The lowest BCUT2D eigenvalue weighted by Crippen LogP contribution is -2.37. The predicted octanol–water partition coefficient (Wildman–Crippen LogP) is 1.25. The lowest BCUT2D eigenvalue weighted by atomic mass is 9.95. The molecule has 112 valence electrons. The second kappa shape index (κ2) is 6.56. The standard InChI is InChI=1S/C12H21F3N2O2/c1-8(2)7-19-4-3-17-5-9(11(16)18)10(6-17)12(13,14)15/h8-10H,3-7H2,1-2H3,(H2,16,18)/t9-,10-/m1/s1. The normalized spacial score (nSPS) is 25.2. The molecule has 0 unspecified atom stereocenters. The number of rotatable bonds is 6. The molecule has 0 saturated carbocycles. The summed E-state index contributed by atoms with van der Waals surface area (Å²) < 4.78 is 43.7. The summed E-state index contributed by atoms with van der Waals surface area (Å²) in [5.74, 6) is -3.30. The van der Waals surface area contributed by atoms with Crippen LogP contribution in [0.1, 0.15) is 13.8 Å². The zero-order chi connectivity index (χ0) is 14.6. The number of nitrogens with two attached hydrogens (primary N) is 1. The fourth-order valence-electron chi connectivity index (χ4n) is 2.20. The highest BCUT2D eigenvalue weighted by atomic mass is 19.4. The van der Waals surface area contributed by atoms with Crippen molar-refractivity contribution in [3.63, 3.8) is 0 Å². The molecule has 2 N–H and O–H groups in total. The lowest BCUT2D eigenvalue weighted by Gasteiger charge is -2.18. The van der Waals surface area contributed by atoms with Gasteiger partial charge in [0.05, 0.1) is 18.4 Å².